The molecule has 0 saturated heterocycles. The molecule has 2 aromatic carbocycles. The van der Waals surface area contributed by atoms with Gasteiger partial charge in [-0.15, -0.1) is 0 Å². The van der Waals surface area contributed by atoms with Gasteiger partial charge in [0.2, 0.25) is 0 Å². The van der Waals surface area contributed by atoms with E-state index in [4.69, 9.17) is 0 Å². The summed E-state index contributed by atoms with van der Waals surface area (Å²) in [5, 5.41) is 0.611. The summed E-state index contributed by atoms with van der Waals surface area (Å²) in [5.74, 6) is -3.44. The van der Waals surface area contributed by atoms with Crippen molar-refractivity contribution in [3.8, 4) is 0 Å². The van der Waals surface area contributed by atoms with Crippen LogP contribution in [0.5, 0.6) is 0 Å². The zero-order valence-electron chi connectivity index (χ0n) is 10.6. The van der Waals surface area contributed by atoms with Crippen LogP contribution in [0.4, 0.5) is 18.9 Å². The zero-order valence-corrected chi connectivity index (χ0v) is 11.4. The van der Waals surface area contributed by atoms with E-state index in [0.717, 1.165) is 6.08 Å². The molecule has 1 N–H and O–H groups in total. The van der Waals surface area contributed by atoms with Gasteiger partial charge in [-0.05, 0) is 18.2 Å². The molecule has 2 rings (SSSR count). The second-order valence-electron chi connectivity index (χ2n) is 4.10. The number of para-hydroxylation sites is 1. The second kappa shape index (κ2) is 6.01. The number of anilines is 1. The van der Waals surface area contributed by atoms with Crippen LogP contribution in [0.25, 0.3) is 6.08 Å². The van der Waals surface area contributed by atoms with Gasteiger partial charge in [0, 0.05) is 23.4 Å². The second-order valence-corrected chi connectivity index (χ2v) is 5.67. The molecule has 0 aliphatic heterocycles. The SMILES string of the molecule is O=S(=O)(C=Cc1c(F)cc(F)cc1F)Nc1ccccc1. The monoisotopic (exact) mass is 313 g/mol. The Labute approximate surface area is 119 Å². The van der Waals surface area contributed by atoms with E-state index in [2.05, 4.69) is 4.72 Å². The average Bonchev–Trinajstić information content (AvgIpc) is 2.37. The lowest BCUT2D eigenvalue weighted by atomic mass is 10.2. The Kier molecular flexibility index (Phi) is 4.32. The van der Waals surface area contributed by atoms with E-state index in [1.807, 2.05) is 0 Å². The van der Waals surface area contributed by atoms with Gasteiger partial charge in [-0.2, -0.15) is 0 Å². The van der Waals surface area contributed by atoms with E-state index in [1.165, 1.54) is 12.1 Å². The number of sulfonamides is 1. The maximum atomic E-state index is 13.4. The number of rotatable bonds is 4. The third kappa shape index (κ3) is 4.09. The minimum atomic E-state index is -3.93. The van der Waals surface area contributed by atoms with E-state index >= 15 is 0 Å². The topological polar surface area (TPSA) is 46.2 Å². The van der Waals surface area contributed by atoms with Gasteiger partial charge in [-0.1, -0.05) is 18.2 Å². The summed E-state index contributed by atoms with van der Waals surface area (Å²) in [6.45, 7) is 0. The van der Waals surface area contributed by atoms with Crippen LogP contribution < -0.4 is 4.72 Å². The first-order valence-electron chi connectivity index (χ1n) is 5.78. The number of hydrogen-bond acceptors (Lipinski definition) is 2. The molecular formula is C14H10F3NO2S. The van der Waals surface area contributed by atoms with Crippen LogP contribution in [0.15, 0.2) is 47.9 Å². The van der Waals surface area contributed by atoms with Crippen LogP contribution >= 0.6 is 0 Å². The molecule has 0 unspecified atom stereocenters. The molecule has 110 valence electrons. The number of hydrogen-bond donors (Lipinski definition) is 1. The standard InChI is InChI=1S/C14H10F3NO2S/c15-10-8-13(16)12(14(17)9-10)6-7-21(19,20)18-11-4-2-1-3-5-11/h1-9,18H. The molecule has 0 spiro atoms. The molecule has 7 heteroatoms. The van der Waals surface area contributed by atoms with E-state index in [-0.39, 0.29) is 0 Å². The number of halogens is 3. The minimum absolute atomic E-state index is 0.308. The van der Waals surface area contributed by atoms with Gasteiger partial charge in [0.1, 0.15) is 17.5 Å². The highest BCUT2D eigenvalue weighted by Crippen LogP contribution is 2.17. The van der Waals surface area contributed by atoms with Crippen molar-refractivity contribution >= 4 is 21.8 Å². The first kappa shape index (κ1) is 15.1. The molecule has 0 saturated carbocycles. The fourth-order valence-electron chi connectivity index (χ4n) is 1.57. The van der Waals surface area contributed by atoms with Crippen LogP contribution in [0.1, 0.15) is 5.56 Å². The van der Waals surface area contributed by atoms with Crippen LogP contribution in [-0.2, 0) is 10.0 Å². The highest BCUT2D eigenvalue weighted by atomic mass is 32.2. The molecule has 0 heterocycles. The fourth-order valence-corrected chi connectivity index (χ4v) is 2.42. The number of benzene rings is 2. The molecule has 0 atom stereocenters. The van der Waals surface area contributed by atoms with E-state index in [1.54, 1.807) is 18.2 Å². The third-order valence-corrected chi connectivity index (χ3v) is 3.51. The molecule has 2 aromatic rings. The Morgan fingerprint density at radius 2 is 1.52 bits per heavy atom. The van der Waals surface area contributed by atoms with Crippen molar-refractivity contribution < 1.29 is 21.6 Å². The molecule has 0 aromatic heterocycles. The predicted molar refractivity (Wildman–Crippen MR) is 74.3 cm³/mol. The van der Waals surface area contributed by atoms with Crippen LogP contribution in [-0.4, -0.2) is 8.42 Å². The normalized spacial score (nSPS) is 11.8. The van der Waals surface area contributed by atoms with Gasteiger partial charge in [-0.25, -0.2) is 21.6 Å². The summed E-state index contributed by atoms with van der Waals surface area (Å²) in [6.07, 6.45) is 0.732. The molecule has 3 nitrogen and oxygen atoms in total. The Morgan fingerprint density at radius 1 is 0.952 bits per heavy atom. The largest absolute Gasteiger partial charge is 0.280 e. The fraction of sp³-hybridized carbons (Fsp3) is 0. The van der Waals surface area contributed by atoms with E-state index < -0.39 is 33.0 Å². The first-order chi connectivity index (χ1) is 9.87. The van der Waals surface area contributed by atoms with Crippen molar-refractivity contribution in [2.75, 3.05) is 4.72 Å². The van der Waals surface area contributed by atoms with Crippen molar-refractivity contribution in [2.45, 2.75) is 0 Å². The summed E-state index contributed by atoms with van der Waals surface area (Å²) < 4.78 is 65.2. The summed E-state index contributed by atoms with van der Waals surface area (Å²) in [7, 11) is -3.93. The maximum absolute atomic E-state index is 13.4. The van der Waals surface area contributed by atoms with Gasteiger partial charge < -0.3 is 0 Å². The van der Waals surface area contributed by atoms with Gasteiger partial charge in [-0.3, -0.25) is 4.72 Å². The lowest BCUT2D eigenvalue weighted by Crippen LogP contribution is -2.08. The molecule has 0 aliphatic carbocycles. The highest BCUT2D eigenvalue weighted by molar-refractivity contribution is 7.95. The summed E-state index contributed by atoms with van der Waals surface area (Å²) in [4.78, 5) is 0. The van der Waals surface area contributed by atoms with Crippen LogP contribution in [0.3, 0.4) is 0 Å². The molecule has 0 bridgehead atoms. The zero-order chi connectivity index (χ0) is 15.5. The van der Waals surface area contributed by atoms with Crippen molar-refractivity contribution in [1.29, 1.82) is 0 Å². The summed E-state index contributed by atoms with van der Waals surface area (Å²) in [5.41, 5.74) is -0.322. The average molecular weight is 313 g/mol. The van der Waals surface area contributed by atoms with Gasteiger partial charge >= 0.3 is 0 Å². The van der Waals surface area contributed by atoms with E-state index in [0.29, 0.717) is 23.2 Å². The van der Waals surface area contributed by atoms with Gasteiger partial charge in [0.15, 0.2) is 0 Å². The molecule has 0 fully saturated rings. The molecule has 21 heavy (non-hydrogen) atoms. The molecule has 0 amide bonds. The van der Waals surface area contributed by atoms with Crippen molar-refractivity contribution in [3.05, 3.63) is 70.9 Å². The molecular weight excluding hydrogens is 303 g/mol. The van der Waals surface area contributed by atoms with Crippen LogP contribution in [0, 0.1) is 17.5 Å². The highest BCUT2D eigenvalue weighted by Gasteiger charge is 2.11. The molecule has 0 radical (unpaired) electrons. The first-order valence-corrected chi connectivity index (χ1v) is 7.32. The quantitative estimate of drug-likeness (QED) is 0.939. The van der Waals surface area contributed by atoms with Gasteiger partial charge in [0.05, 0.1) is 5.41 Å². The smallest absolute Gasteiger partial charge is 0.255 e. The lowest BCUT2D eigenvalue weighted by Gasteiger charge is -2.04. The van der Waals surface area contributed by atoms with Crippen molar-refractivity contribution in [2.24, 2.45) is 0 Å². The van der Waals surface area contributed by atoms with Crippen molar-refractivity contribution in [3.63, 3.8) is 0 Å². The Bertz CT molecular complexity index is 751. The van der Waals surface area contributed by atoms with Crippen molar-refractivity contribution in [1.82, 2.24) is 0 Å². The third-order valence-electron chi connectivity index (χ3n) is 2.49. The van der Waals surface area contributed by atoms with E-state index in [9.17, 15) is 21.6 Å². The molecule has 0 aliphatic rings. The summed E-state index contributed by atoms with van der Waals surface area (Å²) >= 11 is 0. The Morgan fingerprint density at radius 3 is 2.10 bits per heavy atom. The predicted octanol–water partition coefficient (Wildman–Crippen LogP) is 3.52. The maximum Gasteiger partial charge on any atom is 0.255 e. The van der Waals surface area contributed by atoms with Crippen LogP contribution in [0.2, 0.25) is 0 Å². The Hall–Kier alpha value is -2.28. The lowest BCUT2D eigenvalue weighted by molar-refractivity contribution is 0.540. The van der Waals surface area contributed by atoms with Gasteiger partial charge in [0.25, 0.3) is 10.0 Å². The minimum Gasteiger partial charge on any atom is -0.280 e. The Balaban J connectivity index is 2.25. The summed E-state index contributed by atoms with van der Waals surface area (Å²) in [6, 6.07) is 8.94. The number of nitrogens with one attached hydrogen (secondary N) is 1.